The lowest BCUT2D eigenvalue weighted by Crippen LogP contribution is -2.34. The Hall–Kier alpha value is -0.540. The second kappa shape index (κ2) is 7.02. The Bertz CT molecular complexity index is 354. The Labute approximate surface area is 113 Å². The third-order valence-corrected chi connectivity index (χ3v) is 3.72. The average molecular weight is 300 g/mol. The van der Waals surface area contributed by atoms with Gasteiger partial charge in [-0.3, -0.25) is 0 Å². The van der Waals surface area contributed by atoms with Crippen molar-refractivity contribution in [3.8, 4) is 5.75 Å². The Kier molecular flexibility index (Phi) is 6.00. The zero-order valence-corrected chi connectivity index (χ0v) is 12.7. The van der Waals surface area contributed by atoms with E-state index in [1.165, 1.54) is 5.56 Å². The highest BCUT2D eigenvalue weighted by Gasteiger charge is 2.06. The van der Waals surface area contributed by atoms with E-state index < -0.39 is 0 Å². The highest BCUT2D eigenvalue weighted by Crippen LogP contribution is 2.22. The summed E-state index contributed by atoms with van der Waals surface area (Å²) in [4.78, 5) is 0. The second-order valence-electron chi connectivity index (χ2n) is 4.56. The molecular weight excluding hydrogens is 278 g/mol. The topological polar surface area (TPSA) is 21.3 Å². The molecule has 1 aromatic rings. The van der Waals surface area contributed by atoms with E-state index in [-0.39, 0.29) is 6.10 Å². The quantitative estimate of drug-likeness (QED) is 0.860. The molecule has 17 heavy (non-hydrogen) atoms. The van der Waals surface area contributed by atoms with Gasteiger partial charge in [0.2, 0.25) is 0 Å². The Morgan fingerprint density at radius 1 is 1.35 bits per heavy atom. The lowest BCUT2D eigenvalue weighted by atomic mass is 10.2. The fourth-order valence-corrected chi connectivity index (χ4v) is 1.72. The fraction of sp³-hybridized carbons (Fsp3) is 0.571. The molecule has 0 aliphatic rings. The monoisotopic (exact) mass is 299 g/mol. The molecule has 0 aromatic heterocycles. The maximum Gasteiger partial charge on any atom is 0.120 e. The van der Waals surface area contributed by atoms with Crippen molar-refractivity contribution in [2.75, 3.05) is 6.54 Å². The van der Waals surface area contributed by atoms with Crippen LogP contribution in [0.5, 0.6) is 5.75 Å². The number of ether oxygens (including phenoxy) is 1. The van der Waals surface area contributed by atoms with Crippen LogP contribution >= 0.6 is 15.9 Å². The maximum absolute atomic E-state index is 5.86. The van der Waals surface area contributed by atoms with Crippen LogP contribution in [0.4, 0.5) is 0 Å². The molecule has 96 valence electrons. The highest BCUT2D eigenvalue weighted by atomic mass is 79.9. The third kappa shape index (κ3) is 5.09. The predicted octanol–water partition coefficient (Wildman–Crippen LogP) is 3.91. The van der Waals surface area contributed by atoms with Gasteiger partial charge in [0.25, 0.3) is 0 Å². The summed E-state index contributed by atoms with van der Waals surface area (Å²) in [5, 5.41) is 3.44. The summed E-state index contributed by atoms with van der Waals surface area (Å²) in [7, 11) is 0. The molecule has 0 heterocycles. The van der Waals surface area contributed by atoms with E-state index in [0.717, 1.165) is 23.2 Å². The van der Waals surface area contributed by atoms with Gasteiger partial charge in [0.1, 0.15) is 11.9 Å². The van der Waals surface area contributed by atoms with Crippen molar-refractivity contribution in [1.29, 1.82) is 0 Å². The second-order valence-corrected chi connectivity index (χ2v) is 5.41. The molecule has 0 aliphatic carbocycles. The molecule has 2 unspecified atom stereocenters. The van der Waals surface area contributed by atoms with Crippen LogP contribution in [0.3, 0.4) is 0 Å². The molecule has 0 bridgehead atoms. The summed E-state index contributed by atoms with van der Waals surface area (Å²) >= 11 is 3.49. The number of hydrogen-bond acceptors (Lipinski definition) is 2. The maximum atomic E-state index is 5.86. The van der Waals surface area contributed by atoms with Gasteiger partial charge in [-0.1, -0.05) is 22.9 Å². The molecule has 0 aliphatic heterocycles. The van der Waals surface area contributed by atoms with Crippen LogP contribution < -0.4 is 10.1 Å². The van der Waals surface area contributed by atoms with Gasteiger partial charge in [0.05, 0.1) is 0 Å². The van der Waals surface area contributed by atoms with Crippen LogP contribution in [0.1, 0.15) is 32.8 Å². The van der Waals surface area contributed by atoms with Crippen molar-refractivity contribution in [3.63, 3.8) is 0 Å². The van der Waals surface area contributed by atoms with Crippen LogP contribution in [0, 0.1) is 6.92 Å². The zero-order valence-electron chi connectivity index (χ0n) is 11.1. The Morgan fingerprint density at radius 2 is 2.06 bits per heavy atom. The van der Waals surface area contributed by atoms with Crippen LogP contribution in [-0.2, 0) is 0 Å². The van der Waals surface area contributed by atoms with E-state index in [0.29, 0.717) is 6.04 Å². The molecule has 0 spiro atoms. The lowest BCUT2D eigenvalue weighted by Gasteiger charge is -2.18. The smallest absolute Gasteiger partial charge is 0.120 e. The molecule has 2 nitrogen and oxygen atoms in total. The van der Waals surface area contributed by atoms with Gasteiger partial charge in [0.15, 0.2) is 0 Å². The van der Waals surface area contributed by atoms with Crippen molar-refractivity contribution in [2.45, 2.75) is 46.3 Å². The normalized spacial score (nSPS) is 14.4. The van der Waals surface area contributed by atoms with E-state index >= 15 is 0 Å². The average Bonchev–Trinajstić information content (AvgIpc) is 2.31. The number of benzene rings is 1. The van der Waals surface area contributed by atoms with Gasteiger partial charge in [-0.15, -0.1) is 0 Å². The zero-order chi connectivity index (χ0) is 12.8. The highest BCUT2D eigenvalue weighted by molar-refractivity contribution is 9.10. The van der Waals surface area contributed by atoms with Crippen molar-refractivity contribution in [3.05, 3.63) is 28.2 Å². The molecular formula is C14H22BrNO. The van der Waals surface area contributed by atoms with Crippen LogP contribution in [-0.4, -0.2) is 18.7 Å². The molecule has 0 saturated carbocycles. The van der Waals surface area contributed by atoms with Crippen molar-refractivity contribution < 1.29 is 4.74 Å². The fourth-order valence-electron chi connectivity index (χ4n) is 1.48. The summed E-state index contributed by atoms with van der Waals surface area (Å²) in [6.07, 6.45) is 1.33. The lowest BCUT2D eigenvalue weighted by molar-refractivity contribution is 0.212. The first kappa shape index (κ1) is 14.5. The van der Waals surface area contributed by atoms with Crippen molar-refractivity contribution in [2.24, 2.45) is 0 Å². The Morgan fingerprint density at radius 3 is 2.65 bits per heavy atom. The first-order valence-corrected chi connectivity index (χ1v) is 6.98. The van der Waals surface area contributed by atoms with Crippen LogP contribution in [0.25, 0.3) is 0 Å². The summed E-state index contributed by atoms with van der Waals surface area (Å²) in [5.74, 6) is 0.934. The molecule has 0 amide bonds. The SMILES string of the molecule is CCC(C)NCC(C)Oc1ccc(Br)c(C)c1. The van der Waals surface area contributed by atoms with E-state index in [9.17, 15) is 0 Å². The number of hydrogen-bond donors (Lipinski definition) is 1. The molecule has 1 rings (SSSR count). The van der Waals surface area contributed by atoms with Gasteiger partial charge in [-0.2, -0.15) is 0 Å². The van der Waals surface area contributed by atoms with E-state index in [1.54, 1.807) is 0 Å². The minimum Gasteiger partial charge on any atom is -0.489 e. The van der Waals surface area contributed by atoms with E-state index in [4.69, 9.17) is 4.74 Å². The summed E-state index contributed by atoms with van der Waals surface area (Å²) in [5.41, 5.74) is 1.20. The number of aryl methyl sites for hydroxylation is 1. The van der Waals surface area contributed by atoms with Gasteiger partial charge >= 0.3 is 0 Å². The first-order chi connectivity index (χ1) is 8.02. The van der Waals surface area contributed by atoms with Crippen molar-refractivity contribution >= 4 is 15.9 Å². The molecule has 1 aromatic carbocycles. The summed E-state index contributed by atoms with van der Waals surface area (Å²) in [6.45, 7) is 9.41. The molecule has 3 heteroatoms. The van der Waals surface area contributed by atoms with Crippen LogP contribution in [0.15, 0.2) is 22.7 Å². The van der Waals surface area contributed by atoms with Gasteiger partial charge in [0, 0.05) is 17.1 Å². The number of rotatable bonds is 6. The molecule has 2 atom stereocenters. The third-order valence-electron chi connectivity index (χ3n) is 2.83. The van der Waals surface area contributed by atoms with E-state index in [1.807, 2.05) is 12.1 Å². The van der Waals surface area contributed by atoms with Gasteiger partial charge in [-0.25, -0.2) is 0 Å². The van der Waals surface area contributed by atoms with Crippen molar-refractivity contribution in [1.82, 2.24) is 5.32 Å². The van der Waals surface area contributed by atoms with Crippen LogP contribution in [0.2, 0.25) is 0 Å². The largest absolute Gasteiger partial charge is 0.489 e. The molecule has 1 N–H and O–H groups in total. The predicted molar refractivity (Wildman–Crippen MR) is 76.7 cm³/mol. The van der Waals surface area contributed by atoms with Gasteiger partial charge in [-0.05, 0) is 51.0 Å². The summed E-state index contributed by atoms with van der Waals surface area (Å²) in [6, 6.07) is 6.63. The van der Waals surface area contributed by atoms with Gasteiger partial charge < -0.3 is 10.1 Å². The standard InChI is InChI=1S/C14H22BrNO/c1-5-11(3)16-9-12(4)17-13-6-7-14(15)10(2)8-13/h6-8,11-12,16H,5,9H2,1-4H3. The summed E-state index contributed by atoms with van der Waals surface area (Å²) < 4.78 is 6.98. The molecule has 0 saturated heterocycles. The first-order valence-electron chi connectivity index (χ1n) is 6.19. The minimum atomic E-state index is 0.185. The minimum absolute atomic E-state index is 0.185. The molecule has 0 fully saturated rings. The number of halogens is 1. The van der Waals surface area contributed by atoms with E-state index in [2.05, 4.69) is 55.0 Å². The Balaban J connectivity index is 2.44. The molecule has 0 radical (unpaired) electrons. The number of nitrogens with one attached hydrogen (secondary N) is 1.